The highest BCUT2D eigenvalue weighted by molar-refractivity contribution is 7.93. The first-order valence-corrected chi connectivity index (χ1v) is 13.2. The molecule has 2 aliphatic rings. The first-order valence-electron chi connectivity index (χ1n) is 10.3. The fraction of sp³-hybridized carbons (Fsp3) is 0.435. The van der Waals surface area contributed by atoms with Crippen molar-refractivity contribution in [2.45, 2.75) is 48.5 Å². The van der Waals surface area contributed by atoms with Gasteiger partial charge in [0.15, 0.2) is 15.0 Å². The summed E-state index contributed by atoms with van der Waals surface area (Å²) >= 11 is 8.15. The Labute approximate surface area is 188 Å². The highest BCUT2D eigenvalue weighted by Gasteiger charge is 2.44. The molecule has 0 radical (unpaired) electrons. The van der Waals surface area contributed by atoms with Gasteiger partial charge in [-0.05, 0) is 37.8 Å². The van der Waals surface area contributed by atoms with Gasteiger partial charge < -0.3 is 4.90 Å². The molecule has 4 nitrogen and oxygen atoms in total. The van der Waals surface area contributed by atoms with Crippen molar-refractivity contribution in [3.8, 4) is 0 Å². The highest BCUT2D eigenvalue weighted by atomic mass is 35.5. The van der Waals surface area contributed by atoms with E-state index in [1.165, 1.54) is 11.1 Å². The van der Waals surface area contributed by atoms with Gasteiger partial charge in [0.1, 0.15) is 5.25 Å². The van der Waals surface area contributed by atoms with E-state index in [1.807, 2.05) is 6.08 Å². The predicted molar refractivity (Wildman–Crippen MR) is 127 cm³/mol. The van der Waals surface area contributed by atoms with Crippen molar-refractivity contribution in [2.75, 3.05) is 18.0 Å². The summed E-state index contributed by atoms with van der Waals surface area (Å²) in [5.41, 5.74) is 3.63. The summed E-state index contributed by atoms with van der Waals surface area (Å²) in [5.74, 6) is 0. The maximum Gasteiger partial charge on any atom is 0.185 e. The third-order valence-corrected chi connectivity index (χ3v) is 10.3. The molecule has 1 saturated heterocycles. The number of piperidine rings is 1. The van der Waals surface area contributed by atoms with E-state index >= 15 is 0 Å². The molecule has 1 fully saturated rings. The summed E-state index contributed by atoms with van der Waals surface area (Å²) < 4.78 is 26.5. The molecule has 0 N–H and O–H groups in total. The van der Waals surface area contributed by atoms with Crippen molar-refractivity contribution in [3.05, 3.63) is 70.8 Å². The number of rotatable bonds is 5. The number of halogens is 1. The number of allylic oxidation sites excluding steroid dienone is 3. The number of thiazole rings is 1. The van der Waals surface area contributed by atoms with Crippen LogP contribution in [0.5, 0.6) is 0 Å². The lowest BCUT2D eigenvalue weighted by atomic mass is 10.0. The SMILES string of the molecule is Cc1ccccc1Cc1csc(N2CCC(S(=O)(=O)C3C=CC=CC3(C)Cl)CC2)n1. The molecule has 30 heavy (non-hydrogen) atoms. The minimum atomic E-state index is -3.35. The van der Waals surface area contributed by atoms with Crippen molar-refractivity contribution in [1.29, 1.82) is 0 Å². The van der Waals surface area contributed by atoms with E-state index in [-0.39, 0.29) is 5.25 Å². The van der Waals surface area contributed by atoms with Gasteiger partial charge in [0, 0.05) is 24.9 Å². The quantitative estimate of drug-likeness (QED) is 0.592. The molecule has 1 aromatic carbocycles. The molecule has 0 amide bonds. The lowest BCUT2D eigenvalue weighted by Gasteiger charge is -2.36. The average Bonchev–Trinajstić information content (AvgIpc) is 3.18. The zero-order chi connectivity index (χ0) is 21.4. The van der Waals surface area contributed by atoms with Crippen LogP contribution in [0, 0.1) is 6.92 Å². The number of benzene rings is 1. The Kier molecular flexibility index (Phi) is 6.11. The van der Waals surface area contributed by atoms with Gasteiger partial charge in [-0.25, -0.2) is 13.4 Å². The van der Waals surface area contributed by atoms with Crippen molar-refractivity contribution in [2.24, 2.45) is 0 Å². The summed E-state index contributed by atoms with van der Waals surface area (Å²) in [6.07, 6.45) is 9.15. The smallest absolute Gasteiger partial charge is 0.185 e. The van der Waals surface area contributed by atoms with E-state index in [9.17, 15) is 8.42 Å². The largest absolute Gasteiger partial charge is 0.348 e. The predicted octanol–water partition coefficient (Wildman–Crippen LogP) is 4.92. The summed E-state index contributed by atoms with van der Waals surface area (Å²) in [7, 11) is -3.35. The Hall–Kier alpha value is -1.63. The Bertz CT molecular complexity index is 1060. The Balaban J connectivity index is 1.40. The van der Waals surface area contributed by atoms with Crippen LogP contribution in [-0.2, 0) is 16.3 Å². The van der Waals surface area contributed by atoms with Crippen LogP contribution < -0.4 is 4.90 Å². The van der Waals surface area contributed by atoms with Crippen LogP contribution >= 0.6 is 22.9 Å². The Morgan fingerprint density at radius 1 is 1.23 bits per heavy atom. The monoisotopic (exact) mass is 462 g/mol. The van der Waals surface area contributed by atoms with Crippen LogP contribution in [0.25, 0.3) is 0 Å². The molecule has 1 aliphatic heterocycles. The summed E-state index contributed by atoms with van der Waals surface area (Å²) in [6.45, 7) is 5.30. The number of aromatic nitrogens is 1. The zero-order valence-electron chi connectivity index (χ0n) is 17.3. The van der Waals surface area contributed by atoms with Crippen LogP contribution in [0.1, 0.15) is 36.6 Å². The average molecular weight is 463 g/mol. The minimum Gasteiger partial charge on any atom is -0.348 e. The van der Waals surface area contributed by atoms with Gasteiger partial charge in [-0.1, -0.05) is 48.6 Å². The Morgan fingerprint density at radius 3 is 2.67 bits per heavy atom. The molecular formula is C23H27ClN2O2S2. The van der Waals surface area contributed by atoms with E-state index < -0.39 is 20.0 Å². The van der Waals surface area contributed by atoms with E-state index in [1.54, 1.807) is 36.5 Å². The number of hydrogen-bond acceptors (Lipinski definition) is 5. The summed E-state index contributed by atoms with van der Waals surface area (Å²) in [6, 6.07) is 8.38. The van der Waals surface area contributed by atoms with E-state index in [0.717, 1.165) is 17.2 Å². The minimum absolute atomic E-state index is 0.362. The van der Waals surface area contributed by atoms with Crippen LogP contribution in [0.15, 0.2) is 53.9 Å². The van der Waals surface area contributed by atoms with Crippen molar-refractivity contribution in [3.63, 3.8) is 0 Å². The third-order valence-electron chi connectivity index (χ3n) is 6.08. The topological polar surface area (TPSA) is 50.3 Å². The first kappa shape index (κ1) is 21.6. The number of alkyl halides is 1. The molecule has 7 heteroatoms. The van der Waals surface area contributed by atoms with Crippen LogP contribution in [-0.4, -0.2) is 41.9 Å². The number of anilines is 1. The molecule has 0 spiro atoms. The highest BCUT2D eigenvalue weighted by Crippen LogP contribution is 2.36. The van der Waals surface area contributed by atoms with E-state index in [4.69, 9.17) is 16.6 Å². The van der Waals surface area contributed by atoms with Crippen molar-refractivity contribution < 1.29 is 8.42 Å². The fourth-order valence-corrected chi connectivity index (χ4v) is 7.94. The normalized spacial score (nSPS) is 25.0. The second-order valence-electron chi connectivity index (χ2n) is 8.32. The lowest BCUT2D eigenvalue weighted by molar-refractivity contribution is 0.518. The van der Waals surface area contributed by atoms with Gasteiger partial charge in [-0.2, -0.15) is 0 Å². The third kappa shape index (κ3) is 4.36. The fourth-order valence-electron chi connectivity index (χ4n) is 4.23. The molecule has 160 valence electrons. The molecule has 4 rings (SSSR count). The van der Waals surface area contributed by atoms with Gasteiger partial charge in [0.05, 0.1) is 15.8 Å². The van der Waals surface area contributed by atoms with Gasteiger partial charge in [-0.3, -0.25) is 0 Å². The molecule has 2 atom stereocenters. The van der Waals surface area contributed by atoms with Crippen LogP contribution in [0.3, 0.4) is 0 Å². The van der Waals surface area contributed by atoms with Crippen molar-refractivity contribution >= 4 is 37.9 Å². The summed E-state index contributed by atoms with van der Waals surface area (Å²) in [5, 5.41) is 2.06. The van der Waals surface area contributed by atoms with Gasteiger partial charge >= 0.3 is 0 Å². The molecule has 2 unspecified atom stereocenters. The number of nitrogens with zero attached hydrogens (tertiary/aromatic N) is 2. The Morgan fingerprint density at radius 2 is 1.97 bits per heavy atom. The molecule has 0 saturated carbocycles. The molecule has 0 bridgehead atoms. The standard InChI is InChI=1S/C23H27ClN2O2S2/c1-17-7-3-4-8-18(17)15-19-16-29-22(25-19)26-13-10-20(11-14-26)30(27,28)21-9-5-6-12-23(21,2)24/h3-9,12,16,20-21H,10-11,13-15H2,1-2H3. The van der Waals surface area contributed by atoms with Crippen molar-refractivity contribution in [1.82, 2.24) is 4.98 Å². The van der Waals surface area contributed by atoms with Gasteiger partial charge in [0.2, 0.25) is 0 Å². The molecular weight excluding hydrogens is 436 g/mol. The van der Waals surface area contributed by atoms with Gasteiger partial charge in [-0.15, -0.1) is 22.9 Å². The molecule has 1 aromatic heterocycles. The lowest BCUT2D eigenvalue weighted by Crippen LogP contribution is -2.47. The zero-order valence-corrected chi connectivity index (χ0v) is 19.7. The molecule has 2 aromatic rings. The second-order valence-corrected chi connectivity index (χ2v) is 12.3. The van der Waals surface area contributed by atoms with Gasteiger partial charge in [0.25, 0.3) is 0 Å². The first-order chi connectivity index (χ1) is 14.3. The second kappa shape index (κ2) is 8.48. The number of aryl methyl sites for hydroxylation is 1. The maximum atomic E-state index is 13.2. The maximum absolute atomic E-state index is 13.2. The van der Waals surface area contributed by atoms with E-state index in [2.05, 4.69) is 41.5 Å². The number of sulfone groups is 1. The van der Waals surface area contributed by atoms with Crippen LogP contribution in [0.2, 0.25) is 0 Å². The van der Waals surface area contributed by atoms with E-state index in [0.29, 0.717) is 25.9 Å². The molecule has 1 aliphatic carbocycles. The number of hydrogen-bond donors (Lipinski definition) is 0. The van der Waals surface area contributed by atoms with Crippen LogP contribution in [0.4, 0.5) is 5.13 Å². The summed E-state index contributed by atoms with van der Waals surface area (Å²) in [4.78, 5) is 6.16. The molecule has 2 heterocycles.